The number of carbonyl (C=O) groups excluding carboxylic acids is 2. The van der Waals surface area contributed by atoms with Crippen molar-refractivity contribution in [2.75, 3.05) is 7.11 Å². The number of hydrogen-bond donors (Lipinski definition) is 0. The molecular formula is C31H18Cl2O6. The largest absolute Gasteiger partial charge is 0.497 e. The van der Waals surface area contributed by atoms with E-state index in [1.807, 2.05) is 30.3 Å². The first-order chi connectivity index (χ1) is 18.9. The van der Waals surface area contributed by atoms with Crippen molar-refractivity contribution >= 4 is 52.0 Å². The van der Waals surface area contributed by atoms with Crippen LogP contribution in [0.2, 0.25) is 10.0 Å². The molecule has 6 nitrogen and oxygen atoms in total. The van der Waals surface area contributed by atoms with Gasteiger partial charge in [0.15, 0.2) is 5.76 Å². The minimum Gasteiger partial charge on any atom is -0.497 e. The molecule has 2 heterocycles. The molecule has 0 spiro atoms. The molecule has 0 unspecified atom stereocenters. The summed E-state index contributed by atoms with van der Waals surface area (Å²) < 4.78 is 23.0. The molecule has 1 aliphatic rings. The van der Waals surface area contributed by atoms with Crippen molar-refractivity contribution in [1.82, 2.24) is 0 Å². The molecule has 0 aliphatic carbocycles. The molecule has 0 amide bonds. The summed E-state index contributed by atoms with van der Waals surface area (Å²) in [6, 6.07) is 24.1. The van der Waals surface area contributed by atoms with E-state index >= 15 is 0 Å². The molecule has 8 heteroatoms. The fourth-order valence-electron chi connectivity index (χ4n) is 4.35. The Morgan fingerprint density at radius 1 is 0.897 bits per heavy atom. The number of esters is 1. The molecule has 0 saturated heterocycles. The Kier molecular flexibility index (Phi) is 6.35. The van der Waals surface area contributed by atoms with Gasteiger partial charge >= 0.3 is 5.97 Å². The number of rotatable bonds is 5. The molecule has 192 valence electrons. The number of carbonyl (C=O) groups is 2. The molecule has 1 aliphatic heterocycles. The van der Waals surface area contributed by atoms with Crippen LogP contribution in [0.5, 0.6) is 17.2 Å². The fourth-order valence-corrected chi connectivity index (χ4v) is 4.81. The van der Waals surface area contributed by atoms with Crippen LogP contribution in [0.25, 0.3) is 28.4 Å². The SMILES string of the molecule is COc1ccc2oc(-c3ccccc3)c(C(=O)Oc3ccc4c(c3)O/C(=C\c3ccc(Cl)cc3Cl)C4=O)c2c1. The monoisotopic (exact) mass is 556 g/mol. The summed E-state index contributed by atoms with van der Waals surface area (Å²) in [7, 11) is 1.55. The van der Waals surface area contributed by atoms with E-state index in [2.05, 4.69) is 0 Å². The lowest BCUT2D eigenvalue weighted by molar-refractivity contribution is 0.0736. The second-order valence-corrected chi connectivity index (χ2v) is 9.53. The highest BCUT2D eigenvalue weighted by Gasteiger charge is 2.29. The van der Waals surface area contributed by atoms with Crippen LogP contribution in [0.15, 0.2) is 95.1 Å². The maximum absolute atomic E-state index is 13.6. The van der Waals surface area contributed by atoms with Gasteiger partial charge in [0.2, 0.25) is 5.78 Å². The van der Waals surface area contributed by atoms with E-state index < -0.39 is 5.97 Å². The van der Waals surface area contributed by atoms with Crippen molar-refractivity contribution in [3.05, 3.63) is 117 Å². The van der Waals surface area contributed by atoms with Gasteiger partial charge in [0.05, 0.1) is 12.7 Å². The number of methoxy groups -OCH3 is 1. The first-order valence-corrected chi connectivity index (χ1v) is 12.6. The van der Waals surface area contributed by atoms with Crippen molar-refractivity contribution in [2.45, 2.75) is 0 Å². The van der Waals surface area contributed by atoms with E-state index in [1.54, 1.807) is 61.7 Å². The number of halogens is 2. The Labute approximate surface area is 232 Å². The van der Waals surface area contributed by atoms with Crippen molar-refractivity contribution in [2.24, 2.45) is 0 Å². The zero-order valence-corrected chi connectivity index (χ0v) is 21.9. The third-order valence-electron chi connectivity index (χ3n) is 6.24. The standard InChI is InChI=1S/C31H18Cl2O6/c1-36-20-10-12-25-23(15-20)28(30(39-25)17-5-3-2-4-6-17)31(35)37-21-9-11-22-26(16-21)38-27(29(22)34)13-18-7-8-19(32)14-24(18)33/h2-16H,1H3/b27-13-. The van der Waals surface area contributed by atoms with Crippen LogP contribution in [0, 0.1) is 0 Å². The number of allylic oxidation sites excluding steroid dienone is 1. The molecule has 0 radical (unpaired) electrons. The lowest BCUT2D eigenvalue weighted by Gasteiger charge is -2.07. The van der Waals surface area contributed by atoms with E-state index in [9.17, 15) is 9.59 Å². The quantitative estimate of drug-likeness (QED) is 0.123. The summed E-state index contributed by atoms with van der Waals surface area (Å²) in [5.74, 6) is 0.569. The zero-order chi connectivity index (χ0) is 27.1. The third kappa shape index (κ3) is 4.65. The first-order valence-electron chi connectivity index (χ1n) is 11.8. The number of ether oxygens (including phenoxy) is 3. The summed E-state index contributed by atoms with van der Waals surface area (Å²) in [6.07, 6.45) is 1.55. The topological polar surface area (TPSA) is 75.0 Å². The molecule has 1 aromatic heterocycles. The van der Waals surface area contributed by atoms with E-state index in [4.69, 9.17) is 41.8 Å². The van der Waals surface area contributed by atoms with Gasteiger partial charge in [-0.2, -0.15) is 0 Å². The highest BCUT2D eigenvalue weighted by atomic mass is 35.5. The zero-order valence-electron chi connectivity index (χ0n) is 20.4. The van der Waals surface area contributed by atoms with Crippen molar-refractivity contribution in [3.8, 4) is 28.6 Å². The van der Waals surface area contributed by atoms with E-state index in [0.717, 1.165) is 5.56 Å². The van der Waals surface area contributed by atoms with Crippen LogP contribution < -0.4 is 14.2 Å². The van der Waals surface area contributed by atoms with Gasteiger partial charge in [-0.1, -0.05) is 59.6 Å². The fraction of sp³-hybridized carbons (Fsp3) is 0.0323. The van der Waals surface area contributed by atoms with Gasteiger partial charge in [-0.15, -0.1) is 0 Å². The second kappa shape index (κ2) is 9.98. The number of furan rings is 1. The van der Waals surface area contributed by atoms with Crippen molar-refractivity contribution < 1.29 is 28.2 Å². The molecule has 4 aromatic carbocycles. The minimum absolute atomic E-state index is 0.0944. The molecule has 5 aromatic rings. The first kappa shape index (κ1) is 24.8. The third-order valence-corrected chi connectivity index (χ3v) is 6.80. The number of ketones is 1. The number of benzene rings is 4. The Bertz CT molecular complexity index is 1800. The average Bonchev–Trinajstić information content (AvgIpc) is 3.47. The molecule has 0 saturated carbocycles. The predicted octanol–water partition coefficient (Wildman–Crippen LogP) is 8.25. The smallest absolute Gasteiger partial charge is 0.348 e. The van der Waals surface area contributed by atoms with Crippen molar-refractivity contribution in [3.63, 3.8) is 0 Å². The van der Waals surface area contributed by atoms with Crippen LogP contribution in [-0.2, 0) is 0 Å². The van der Waals surface area contributed by atoms with E-state index in [0.29, 0.717) is 43.7 Å². The minimum atomic E-state index is -0.631. The van der Waals surface area contributed by atoms with Crippen LogP contribution in [-0.4, -0.2) is 18.9 Å². The van der Waals surface area contributed by atoms with Crippen molar-refractivity contribution in [1.29, 1.82) is 0 Å². The van der Waals surface area contributed by atoms with Gasteiger partial charge in [0.1, 0.15) is 34.2 Å². The molecule has 0 N–H and O–H groups in total. The Morgan fingerprint density at radius 2 is 1.69 bits per heavy atom. The van der Waals surface area contributed by atoms with Gasteiger partial charge in [-0.05, 0) is 54.1 Å². The lowest BCUT2D eigenvalue weighted by Crippen LogP contribution is -2.09. The highest BCUT2D eigenvalue weighted by Crippen LogP contribution is 2.38. The van der Waals surface area contributed by atoms with E-state index in [1.165, 1.54) is 6.07 Å². The Morgan fingerprint density at radius 3 is 2.46 bits per heavy atom. The molecule has 0 bridgehead atoms. The Hall–Kier alpha value is -4.52. The summed E-state index contributed by atoms with van der Waals surface area (Å²) in [4.78, 5) is 26.5. The molecule has 39 heavy (non-hydrogen) atoms. The summed E-state index contributed by atoms with van der Waals surface area (Å²) >= 11 is 12.2. The predicted molar refractivity (Wildman–Crippen MR) is 149 cm³/mol. The van der Waals surface area contributed by atoms with Crippen LogP contribution in [0.3, 0.4) is 0 Å². The summed E-state index contributed by atoms with van der Waals surface area (Å²) in [6.45, 7) is 0. The van der Waals surface area contributed by atoms with Gasteiger partial charge in [-0.3, -0.25) is 4.79 Å². The van der Waals surface area contributed by atoms with Gasteiger partial charge in [0.25, 0.3) is 0 Å². The summed E-state index contributed by atoms with van der Waals surface area (Å²) in [5, 5.41) is 1.42. The second-order valence-electron chi connectivity index (χ2n) is 8.69. The number of fused-ring (bicyclic) bond motifs is 2. The van der Waals surface area contributed by atoms with Gasteiger partial charge in [-0.25, -0.2) is 4.79 Å². The molecular weight excluding hydrogens is 539 g/mol. The maximum atomic E-state index is 13.6. The van der Waals surface area contributed by atoms with E-state index in [-0.39, 0.29) is 28.6 Å². The number of Topliss-reactive ketones (excluding diaryl/α,β-unsaturated/α-hetero) is 1. The maximum Gasteiger partial charge on any atom is 0.348 e. The highest BCUT2D eigenvalue weighted by molar-refractivity contribution is 6.35. The Balaban J connectivity index is 1.33. The molecule has 0 fully saturated rings. The van der Waals surface area contributed by atoms with Gasteiger partial charge in [0, 0.05) is 27.1 Å². The van der Waals surface area contributed by atoms with Crippen LogP contribution in [0.1, 0.15) is 26.3 Å². The van der Waals surface area contributed by atoms with Crippen LogP contribution >= 0.6 is 23.2 Å². The van der Waals surface area contributed by atoms with Crippen LogP contribution in [0.4, 0.5) is 0 Å². The normalized spacial score (nSPS) is 13.4. The number of hydrogen-bond acceptors (Lipinski definition) is 6. The lowest BCUT2D eigenvalue weighted by atomic mass is 10.1. The molecule has 0 atom stereocenters. The average molecular weight is 557 g/mol. The summed E-state index contributed by atoms with van der Waals surface area (Å²) in [5.41, 5.74) is 2.41. The molecule has 6 rings (SSSR count). The van der Waals surface area contributed by atoms with Gasteiger partial charge < -0.3 is 18.6 Å².